The van der Waals surface area contributed by atoms with Gasteiger partial charge in [-0.2, -0.15) is 36.3 Å². The summed E-state index contributed by atoms with van der Waals surface area (Å²) in [6.45, 7) is 2.42. The Bertz CT molecular complexity index is 1180. The van der Waals surface area contributed by atoms with E-state index in [-0.39, 0.29) is 55.9 Å². The summed E-state index contributed by atoms with van der Waals surface area (Å²) < 4.78 is 84.5. The first-order chi connectivity index (χ1) is 16.6. The van der Waals surface area contributed by atoms with Crippen LogP contribution in [0.1, 0.15) is 29.3 Å². The fraction of sp³-hybridized carbons (Fsp3) is 0.348. The molecular formula is C23H19F6N5O. The van der Waals surface area contributed by atoms with Gasteiger partial charge in [0.2, 0.25) is 0 Å². The quantitative estimate of drug-likeness (QED) is 0.488. The number of nitrogens with one attached hydrogen (secondary N) is 1. The topological polar surface area (TPSA) is 63.2 Å². The highest BCUT2D eigenvalue weighted by Crippen LogP contribution is 2.36. The minimum absolute atomic E-state index is 0.0481. The molecule has 2 aromatic heterocycles. The van der Waals surface area contributed by atoms with Gasteiger partial charge < -0.3 is 15.0 Å². The number of hydrogen-bond acceptors (Lipinski definition) is 6. The fourth-order valence-corrected chi connectivity index (χ4v) is 3.71. The van der Waals surface area contributed by atoms with E-state index in [1.807, 2.05) is 0 Å². The largest absolute Gasteiger partial charge is 0.464 e. The lowest BCUT2D eigenvalue weighted by Crippen LogP contribution is -2.29. The number of halogens is 6. The minimum Gasteiger partial charge on any atom is -0.464 e. The Morgan fingerprint density at radius 2 is 1.77 bits per heavy atom. The van der Waals surface area contributed by atoms with Crippen LogP contribution in [0, 0.1) is 12.1 Å². The Morgan fingerprint density at radius 1 is 1.00 bits per heavy atom. The van der Waals surface area contributed by atoms with E-state index in [9.17, 15) is 26.3 Å². The lowest BCUT2D eigenvalue weighted by Gasteiger charge is -2.24. The van der Waals surface area contributed by atoms with Crippen molar-refractivity contribution in [2.75, 3.05) is 29.9 Å². The van der Waals surface area contributed by atoms with Crippen molar-refractivity contribution in [2.24, 2.45) is 0 Å². The first-order valence-corrected chi connectivity index (χ1v) is 10.6. The van der Waals surface area contributed by atoms with Crippen molar-refractivity contribution < 1.29 is 31.1 Å². The van der Waals surface area contributed by atoms with Gasteiger partial charge in [0.1, 0.15) is 17.2 Å². The summed E-state index contributed by atoms with van der Waals surface area (Å²) in [5, 5.41) is 2.93. The lowest BCUT2D eigenvalue weighted by atomic mass is 10.1. The molecule has 0 saturated carbocycles. The molecule has 0 fully saturated rings. The summed E-state index contributed by atoms with van der Waals surface area (Å²) in [5.74, 6) is 0.104. The normalized spacial score (nSPS) is 14.1. The predicted octanol–water partition coefficient (Wildman–Crippen LogP) is 5.26. The molecule has 0 radical (unpaired) electrons. The first-order valence-electron chi connectivity index (χ1n) is 10.6. The second-order valence-electron chi connectivity index (χ2n) is 7.61. The highest BCUT2D eigenvalue weighted by Gasteiger charge is 2.36. The van der Waals surface area contributed by atoms with Crippen LogP contribution >= 0.6 is 0 Å². The third kappa shape index (κ3) is 5.50. The Morgan fingerprint density at radius 3 is 2.43 bits per heavy atom. The molecule has 1 N–H and O–H groups in total. The van der Waals surface area contributed by atoms with Gasteiger partial charge in [0.25, 0.3) is 0 Å². The molecule has 4 rings (SSSR count). The van der Waals surface area contributed by atoms with Gasteiger partial charge in [-0.15, -0.1) is 0 Å². The summed E-state index contributed by atoms with van der Waals surface area (Å²) in [6, 6.07) is 8.82. The van der Waals surface area contributed by atoms with Crippen molar-refractivity contribution >= 4 is 17.3 Å². The van der Waals surface area contributed by atoms with Crippen molar-refractivity contribution in [3.63, 3.8) is 0 Å². The van der Waals surface area contributed by atoms with Crippen molar-refractivity contribution in [3.8, 4) is 6.01 Å². The number of ether oxygens (including phenoxy) is 1. The fourth-order valence-electron chi connectivity index (χ4n) is 3.71. The number of fused-ring (bicyclic) bond motifs is 1. The molecule has 0 aliphatic carbocycles. The molecule has 1 aliphatic rings. The third-order valence-corrected chi connectivity index (χ3v) is 5.29. The number of anilines is 3. The van der Waals surface area contributed by atoms with Crippen LogP contribution in [0.3, 0.4) is 0 Å². The zero-order valence-electron chi connectivity index (χ0n) is 18.4. The van der Waals surface area contributed by atoms with E-state index >= 15 is 0 Å². The van der Waals surface area contributed by atoms with E-state index in [2.05, 4.69) is 32.4 Å². The average Bonchev–Trinajstić information content (AvgIpc) is 3.01. The number of nitrogens with zero attached hydrogens (tertiary/aromatic N) is 4. The number of pyridine rings is 1. The second-order valence-corrected chi connectivity index (χ2v) is 7.61. The number of rotatable bonds is 5. The lowest BCUT2D eigenvalue weighted by molar-refractivity contribution is -0.138. The summed E-state index contributed by atoms with van der Waals surface area (Å²) in [5.41, 5.74) is -0.430. The summed E-state index contributed by atoms with van der Waals surface area (Å²) in [6.07, 6.45) is -7.26. The molecule has 1 aliphatic heterocycles. The van der Waals surface area contributed by atoms with Crippen LogP contribution < -0.4 is 15.0 Å². The zero-order chi connectivity index (χ0) is 25.2. The molecule has 1 aromatic carbocycles. The molecule has 0 unspecified atom stereocenters. The average molecular weight is 495 g/mol. The minimum atomic E-state index is -4.56. The molecule has 3 aromatic rings. The van der Waals surface area contributed by atoms with E-state index in [1.54, 1.807) is 6.92 Å². The Kier molecular flexibility index (Phi) is 6.60. The van der Waals surface area contributed by atoms with Crippen LogP contribution in [0.4, 0.5) is 43.7 Å². The van der Waals surface area contributed by atoms with E-state index in [4.69, 9.17) is 4.74 Å². The van der Waals surface area contributed by atoms with Crippen molar-refractivity contribution in [1.29, 1.82) is 0 Å². The molecule has 0 spiro atoms. The zero-order valence-corrected chi connectivity index (χ0v) is 18.4. The van der Waals surface area contributed by atoms with Crippen molar-refractivity contribution in [1.82, 2.24) is 15.0 Å². The van der Waals surface area contributed by atoms with Crippen molar-refractivity contribution in [2.45, 2.75) is 32.1 Å². The Labute approximate surface area is 197 Å². The van der Waals surface area contributed by atoms with Gasteiger partial charge in [0.05, 0.1) is 23.6 Å². The highest BCUT2D eigenvalue weighted by atomic mass is 19.4. The van der Waals surface area contributed by atoms with Crippen molar-refractivity contribution in [3.05, 3.63) is 65.0 Å². The van der Waals surface area contributed by atoms with Gasteiger partial charge in [0.15, 0.2) is 0 Å². The monoisotopic (exact) mass is 495 g/mol. The Balaban J connectivity index is 1.64. The maximum Gasteiger partial charge on any atom is 0.424 e. The third-order valence-electron chi connectivity index (χ3n) is 5.29. The van der Waals surface area contributed by atoms with E-state index in [0.717, 1.165) is 12.1 Å². The second kappa shape index (κ2) is 9.48. The number of alkyl halides is 6. The van der Waals surface area contributed by atoms with Gasteiger partial charge in [-0.1, -0.05) is 6.07 Å². The molecule has 3 heterocycles. The molecule has 0 bridgehead atoms. The molecular weight excluding hydrogens is 476 g/mol. The molecule has 6 nitrogen and oxygen atoms in total. The van der Waals surface area contributed by atoms with Crippen LogP contribution in [0.15, 0.2) is 30.5 Å². The summed E-state index contributed by atoms with van der Waals surface area (Å²) in [7, 11) is 0. The van der Waals surface area contributed by atoms with E-state index in [0.29, 0.717) is 11.3 Å². The van der Waals surface area contributed by atoms with Gasteiger partial charge in [-0.3, -0.25) is 0 Å². The van der Waals surface area contributed by atoms with Gasteiger partial charge in [-0.25, -0.2) is 4.98 Å². The SMILES string of the molecule is CCOc1nc2c(c(Nc3c#cc(C(F)(F)F)cc3)n1)CCN(c1ncccc1C(F)(F)F)CC2. The molecule has 12 heteroatoms. The maximum absolute atomic E-state index is 13.5. The van der Waals surface area contributed by atoms with Crippen LogP contribution in [0.2, 0.25) is 0 Å². The summed E-state index contributed by atoms with van der Waals surface area (Å²) in [4.78, 5) is 14.2. The van der Waals surface area contributed by atoms with Crippen LogP contribution in [-0.2, 0) is 25.2 Å². The molecule has 184 valence electrons. The molecule has 0 atom stereocenters. The Hall–Kier alpha value is -3.75. The van der Waals surface area contributed by atoms with Crippen LogP contribution in [0.5, 0.6) is 6.01 Å². The predicted molar refractivity (Wildman–Crippen MR) is 114 cm³/mol. The van der Waals surface area contributed by atoms with E-state index < -0.39 is 23.5 Å². The molecule has 0 amide bonds. The summed E-state index contributed by atoms with van der Waals surface area (Å²) >= 11 is 0. The van der Waals surface area contributed by atoms with E-state index in [1.165, 1.54) is 23.2 Å². The first kappa shape index (κ1) is 24.4. The highest BCUT2D eigenvalue weighted by molar-refractivity contribution is 5.60. The molecule has 0 saturated heterocycles. The number of aromatic nitrogens is 3. The smallest absolute Gasteiger partial charge is 0.424 e. The maximum atomic E-state index is 13.5. The van der Waals surface area contributed by atoms with Crippen LogP contribution in [0.25, 0.3) is 0 Å². The van der Waals surface area contributed by atoms with Gasteiger partial charge in [-0.05, 0) is 43.7 Å². The van der Waals surface area contributed by atoms with Gasteiger partial charge in [0, 0.05) is 31.3 Å². The van der Waals surface area contributed by atoms with Crippen LogP contribution in [-0.4, -0.2) is 34.6 Å². The number of hydrogen-bond donors (Lipinski definition) is 1. The molecule has 35 heavy (non-hydrogen) atoms. The standard InChI is InChI=1S/C23H19F6N5O/c1-2-35-21-32-18-10-13-34(20-17(23(27,28)29)4-3-11-30-20)12-9-16(18)19(33-21)31-15-7-5-14(6-8-15)22(24,25)26/h3-5,7,11H,2,9-10,12-13H2,1H3,(H,31,32,33). The van der Waals surface area contributed by atoms with Gasteiger partial charge >= 0.3 is 18.4 Å².